The molecule has 4 nitrogen and oxygen atoms in total. The Bertz CT molecular complexity index is 345. The molecular weight excluding hydrogens is 196 g/mol. The maximum absolute atomic E-state index is 11.2. The third kappa shape index (κ3) is 3.18. The summed E-state index contributed by atoms with van der Waals surface area (Å²) in [6.07, 6.45) is -0.925. The van der Waals surface area contributed by atoms with E-state index in [0.29, 0.717) is 5.56 Å². The molecule has 1 atom stereocenters. The van der Waals surface area contributed by atoms with Crippen molar-refractivity contribution in [1.29, 1.82) is 0 Å². The van der Waals surface area contributed by atoms with E-state index in [9.17, 15) is 9.59 Å². The van der Waals surface area contributed by atoms with E-state index in [2.05, 4.69) is 0 Å². The average molecular weight is 208 g/mol. The Morgan fingerprint density at radius 3 is 2.40 bits per heavy atom. The Labute approximate surface area is 87.5 Å². The molecule has 0 aliphatic heterocycles. The van der Waals surface area contributed by atoms with Gasteiger partial charge in [0.05, 0.1) is 0 Å². The van der Waals surface area contributed by atoms with E-state index in [4.69, 9.17) is 9.84 Å². The maximum Gasteiger partial charge on any atom is 0.332 e. The van der Waals surface area contributed by atoms with Crippen LogP contribution in [0.15, 0.2) is 30.3 Å². The Kier molecular flexibility index (Phi) is 4.00. The lowest BCUT2D eigenvalue weighted by atomic mass is 10.1. The van der Waals surface area contributed by atoms with Crippen LogP contribution in [0.4, 0.5) is 0 Å². The zero-order valence-electron chi connectivity index (χ0n) is 8.34. The van der Waals surface area contributed by atoms with E-state index in [-0.39, 0.29) is 5.78 Å². The predicted octanol–water partition coefficient (Wildman–Crippen LogP) is 0.852. The zero-order chi connectivity index (χ0) is 11.3. The summed E-state index contributed by atoms with van der Waals surface area (Å²) < 4.78 is 4.81. The van der Waals surface area contributed by atoms with Crippen molar-refractivity contribution < 1.29 is 19.4 Å². The SMILES string of the molecule is CC(=O)[C@@H](OC(=O)CO)c1ccccc1. The summed E-state index contributed by atoms with van der Waals surface area (Å²) in [5, 5.41) is 8.53. The number of aliphatic hydroxyl groups is 1. The molecule has 0 amide bonds. The van der Waals surface area contributed by atoms with Crippen LogP contribution in [0.3, 0.4) is 0 Å². The molecule has 1 N–H and O–H groups in total. The summed E-state index contributed by atoms with van der Waals surface area (Å²) in [5.41, 5.74) is 0.604. The van der Waals surface area contributed by atoms with Crippen LogP contribution in [0.5, 0.6) is 0 Å². The zero-order valence-corrected chi connectivity index (χ0v) is 8.34. The van der Waals surface area contributed by atoms with Crippen LogP contribution in [0.2, 0.25) is 0 Å². The summed E-state index contributed by atoms with van der Waals surface area (Å²) in [4.78, 5) is 22.1. The van der Waals surface area contributed by atoms with Crippen LogP contribution in [-0.4, -0.2) is 23.5 Å². The molecule has 0 fully saturated rings. The normalized spacial score (nSPS) is 11.9. The number of hydrogen-bond acceptors (Lipinski definition) is 4. The number of ether oxygens (including phenoxy) is 1. The van der Waals surface area contributed by atoms with Gasteiger partial charge in [0.1, 0.15) is 6.61 Å². The highest BCUT2D eigenvalue weighted by Crippen LogP contribution is 2.18. The van der Waals surface area contributed by atoms with Crippen molar-refractivity contribution in [3.8, 4) is 0 Å². The molecule has 1 rings (SSSR count). The van der Waals surface area contributed by atoms with E-state index in [1.165, 1.54) is 6.92 Å². The molecule has 0 saturated carbocycles. The number of aliphatic hydroxyl groups excluding tert-OH is 1. The molecule has 0 aliphatic rings. The van der Waals surface area contributed by atoms with E-state index in [1.54, 1.807) is 30.3 Å². The van der Waals surface area contributed by atoms with Crippen molar-refractivity contribution >= 4 is 11.8 Å². The molecule has 4 heteroatoms. The van der Waals surface area contributed by atoms with Crippen molar-refractivity contribution in [1.82, 2.24) is 0 Å². The standard InChI is InChI=1S/C11H12O4/c1-8(13)11(15-10(14)7-12)9-5-3-2-4-6-9/h2-6,11-12H,7H2,1H3/t11-/m1/s1. The maximum atomic E-state index is 11.2. The predicted molar refractivity (Wildman–Crippen MR) is 53.0 cm³/mol. The molecule has 0 bridgehead atoms. The smallest absolute Gasteiger partial charge is 0.332 e. The van der Waals surface area contributed by atoms with Gasteiger partial charge >= 0.3 is 5.97 Å². The lowest BCUT2D eigenvalue weighted by Gasteiger charge is -2.14. The van der Waals surface area contributed by atoms with E-state index >= 15 is 0 Å². The lowest BCUT2D eigenvalue weighted by molar-refractivity contribution is -0.157. The van der Waals surface area contributed by atoms with Crippen LogP contribution in [0.25, 0.3) is 0 Å². The molecule has 1 aromatic carbocycles. The highest BCUT2D eigenvalue weighted by Gasteiger charge is 2.20. The Balaban J connectivity index is 2.84. The monoisotopic (exact) mass is 208 g/mol. The van der Waals surface area contributed by atoms with Crippen molar-refractivity contribution in [2.24, 2.45) is 0 Å². The summed E-state index contributed by atoms with van der Waals surface area (Å²) >= 11 is 0. The second-order valence-corrected chi connectivity index (χ2v) is 3.05. The van der Waals surface area contributed by atoms with Gasteiger partial charge in [-0.3, -0.25) is 4.79 Å². The third-order valence-electron chi connectivity index (χ3n) is 1.85. The highest BCUT2D eigenvalue weighted by atomic mass is 16.6. The largest absolute Gasteiger partial charge is 0.448 e. The fourth-order valence-corrected chi connectivity index (χ4v) is 1.18. The summed E-state index contributed by atoms with van der Waals surface area (Å²) in [6, 6.07) is 8.68. The molecule has 0 aliphatic carbocycles. The van der Waals surface area contributed by atoms with Crippen LogP contribution >= 0.6 is 0 Å². The summed E-state index contributed by atoms with van der Waals surface area (Å²) in [7, 11) is 0. The van der Waals surface area contributed by atoms with Crippen molar-refractivity contribution in [2.75, 3.05) is 6.61 Å². The first kappa shape index (κ1) is 11.4. The molecule has 1 aromatic rings. The van der Waals surface area contributed by atoms with Gasteiger partial charge in [-0.05, 0) is 12.5 Å². The van der Waals surface area contributed by atoms with Crippen molar-refractivity contribution in [3.05, 3.63) is 35.9 Å². The number of esters is 1. The first-order valence-corrected chi connectivity index (χ1v) is 4.51. The van der Waals surface area contributed by atoms with Gasteiger partial charge < -0.3 is 9.84 Å². The number of rotatable bonds is 4. The second-order valence-electron chi connectivity index (χ2n) is 3.05. The van der Waals surface area contributed by atoms with Gasteiger partial charge in [-0.15, -0.1) is 0 Å². The summed E-state index contributed by atoms with van der Waals surface area (Å²) in [5.74, 6) is -1.08. The van der Waals surface area contributed by atoms with Gasteiger partial charge in [-0.25, -0.2) is 4.79 Å². The highest BCUT2D eigenvalue weighted by molar-refractivity contribution is 5.84. The molecule has 0 heterocycles. The molecule has 0 spiro atoms. The van der Waals surface area contributed by atoms with Crippen molar-refractivity contribution in [3.63, 3.8) is 0 Å². The topological polar surface area (TPSA) is 63.6 Å². The first-order valence-electron chi connectivity index (χ1n) is 4.51. The number of hydrogen-bond donors (Lipinski definition) is 1. The third-order valence-corrected chi connectivity index (χ3v) is 1.85. The van der Waals surface area contributed by atoms with Gasteiger partial charge in [0.2, 0.25) is 0 Å². The molecule has 0 radical (unpaired) electrons. The molecule has 80 valence electrons. The first-order chi connectivity index (χ1) is 7.15. The number of benzene rings is 1. The van der Waals surface area contributed by atoms with Gasteiger partial charge in [-0.1, -0.05) is 30.3 Å². The average Bonchev–Trinajstić information content (AvgIpc) is 2.26. The van der Waals surface area contributed by atoms with E-state index < -0.39 is 18.7 Å². The molecule has 15 heavy (non-hydrogen) atoms. The van der Waals surface area contributed by atoms with E-state index in [1.807, 2.05) is 0 Å². The van der Waals surface area contributed by atoms with Crippen LogP contribution in [0, 0.1) is 0 Å². The van der Waals surface area contributed by atoms with Gasteiger partial charge in [0.15, 0.2) is 11.9 Å². The quantitative estimate of drug-likeness (QED) is 0.745. The fourth-order valence-electron chi connectivity index (χ4n) is 1.18. The number of carbonyl (C=O) groups is 2. The van der Waals surface area contributed by atoms with Crippen LogP contribution in [0.1, 0.15) is 18.6 Å². The van der Waals surface area contributed by atoms with Gasteiger partial charge in [0.25, 0.3) is 0 Å². The summed E-state index contributed by atoms with van der Waals surface area (Å²) in [6.45, 7) is 0.610. The lowest BCUT2D eigenvalue weighted by Crippen LogP contribution is -2.19. The van der Waals surface area contributed by atoms with Crippen LogP contribution in [-0.2, 0) is 14.3 Å². The van der Waals surface area contributed by atoms with E-state index in [0.717, 1.165) is 0 Å². The fraction of sp³-hybridized carbons (Fsp3) is 0.273. The van der Waals surface area contributed by atoms with Crippen LogP contribution < -0.4 is 0 Å². The second kappa shape index (κ2) is 5.26. The Hall–Kier alpha value is -1.68. The Morgan fingerprint density at radius 2 is 1.93 bits per heavy atom. The molecule has 0 saturated heterocycles. The van der Waals surface area contributed by atoms with Gasteiger partial charge in [0, 0.05) is 0 Å². The minimum Gasteiger partial charge on any atom is -0.448 e. The van der Waals surface area contributed by atoms with Gasteiger partial charge in [-0.2, -0.15) is 0 Å². The number of Topliss-reactive ketones (excluding diaryl/α,β-unsaturated/α-hetero) is 1. The number of carbonyl (C=O) groups excluding carboxylic acids is 2. The molecule has 0 aromatic heterocycles. The minimum atomic E-state index is -0.925. The molecule has 0 unspecified atom stereocenters. The Morgan fingerprint density at radius 1 is 1.33 bits per heavy atom. The minimum absolute atomic E-state index is 0.275. The molecular formula is C11H12O4. The van der Waals surface area contributed by atoms with Crippen molar-refractivity contribution in [2.45, 2.75) is 13.0 Å². The number of ketones is 1.